The van der Waals surface area contributed by atoms with Crippen LogP contribution in [0.4, 0.5) is 11.4 Å². The highest BCUT2D eigenvalue weighted by Gasteiger charge is 2.04. The molecule has 0 fully saturated rings. The summed E-state index contributed by atoms with van der Waals surface area (Å²) in [5.74, 6) is 0. The van der Waals surface area contributed by atoms with Crippen LogP contribution in [0.1, 0.15) is 6.92 Å². The molecule has 0 heterocycles. The Morgan fingerprint density at radius 1 is 1.05 bits per heavy atom. The van der Waals surface area contributed by atoms with Gasteiger partial charge in [0, 0.05) is 31.6 Å². The fourth-order valence-electron chi connectivity index (χ4n) is 1.83. The third kappa shape index (κ3) is 6.75. The summed E-state index contributed by atoms with van der Waals surface area (Å²) >= 11 is 0. The fourth-order valence-corrected chi connectivity index (χ4v) is 1.83. The van der Waals surface area contributed by atoms with Gasteiger partial charge in [-0.2, -0.15) is 0 Å². The Balaban J connectivity index is 2.16. The van der Waals surface area contributed by atoms with Crippen LogP contribution in [-0.4, -0.2) is 53.2 Å². The van der Waals surface area contributed by atoms with E-state index < -0.39 is 0 Å². The van der Waals surface area contributed by atoms with E-state index in [1.54, 1.807) is 7.11 Å². The standard InChI is InChI=1S/C15H26N2O3/c1-3-17(15-6-4-5-14(16)13-15)7-8-19-11-12-20-10-9-18-2/h4-6,13H,3,7-12,16H2,1-2H3. The summed E-state index contributed by atoms with van der Waals surface area (Å²) < 4.78 is 15.8. The number of methoxy groups -OCH3 is 1. The largest absolute Gasteiger partial charge is 0.399 e. The lowest BCUT2D eigenvalue weighted by Crippen LogP contribution is -2.27. The van der Waals surface area contributed by atoms with Gasteiger partial charge in [0.05, 0.1) is 33.0 Å². The van der Waals surface area contributed by atoms with E-state index in [9.17, 15) is 0 Å². The SMILES string of the molecule is CCN(CCOCCOCCOC)c1cccc(N)c1. The normalized spacial score (nSPS) is 10.7. The van der Waals surface area contributed by atoms with E-state index in [1.165, 1.54) is 0 Å². The van der Waals surface area contributed by atoms with E-state index in [4.69, 9.17) is 19.9 Å². The summed E-state index contributed by atoms with van der Waals surface area (Å²) in [6.45, 7) is 7.03. The number of hydrogen-bond donors (Lipinski definition) is 1. The van der Waals surface area contributed by atoms with Gasteiger partial charge in [-0.05, 0) is 25.1 Å². The van der Waals surface area contributed by atoms with Crippen LogP contribution in [0.2, 0.25) is 0 Å². The van der Waals surface area contributed by atoms with Crippen LogP contribution in [0.5, 0.6) is 0 Å². The van der Waals surface area contributed by atoms with E-state index in [-0.39, 0.29) is 0 Å². The second kappa shape index (κ2) is 10.5. The molecule has 1 aromatic rings. The maximum atomic E-state index is 5.80. The van der Waals surface area contributed by atoms with Gasteiger partial charge in [-0.25, -0.2) is 0 Å². The highest BCUT2D eigenvalue weighted by atomic mass is 16.5. The van der Waals surface area contributed by atoms with Crippen LogP contribution in [0, 0.1) is 0 Å². The van der Waals surface area contributed by atoms with Gasteiger partial charge in [0.25, 0.3) is 0 Å². The zero-order chi connectivity index (χ0) is 14.6. The number of benzene rings is 1. The lowest BCUT2D eigenvalue weighted by molar-refractivity contribution is 0.0265. The van der Waals surface area contributed by atoms with Gasteiger partial charge < -0.3 is 24.8 Å². The van der Waals surface area contributed by atoms with Crippen LogP contribution < -0.4 is 10.6 Å². The lowest BCUT2D eigenvalue weighted by Gasteiger charge is -2.23. The van der Waals surface area contributed by atoms with Gasteiger partial charge in [-0.1, -0.05) is 6.07 Å². The van der Waals surface area contributed by atoms with E-state index in [0.717, 1.165) is 24.5 Å². The highest BCUT2D eigenvalue weighted by Crippen LogP contribution is 2.16. The van der Waals surface area contributed by atoms with Gasteiger partial charge in [0.15, 0.2) is 0 Å². The first-order valence-corrected chi connectivity index (χ1v) is 7.02. The molecule has 0 saturated carbocycles. The lowest BCUT2D eigenvalue weighted by atomic mass is 10.2. The minimum absolute atomic E-state index is 0.605. The predicted molar refractivity (Wildman–Crippen MR) is 82.3 cm³/mol. The minimum Gasteiger partial charge on any atom is -0.399 e. The van der Waals surface area contributed by atoms with Crippen molar-refractivity contribution in [1.82, 2.24) is 0 Å². The smallest absolute Gasteiger partial charge is 0.0701 e. The minimum atomic E-state index is 0.605. The van der Waals surface area contributed by atoms with Crippen LogP contribution in [0.3, 0.4) is 0 Å². The summed E-state index contributed by atoms with van der Waals surface area (Å²) in [5.41, 5.74) is 7.72. The number of nitrogens with two attached hydrogens (primary N) is 1. The number of ether oxygens (including phenoxy) is 3. The molecule has 0 atom stereocenters. The Hall–Kier alpha value is -1.30. The quantitative estimate of drug-likeness (QED) is 0.495. The van der Waals surface area contributed by atoms with Crippen molar-refractivity contribution < 1.29 is 14.2 Å². The topological polar surface area (TPSA) is 57.0 Å². The molecule has 1 rings (SSSR count). The molecular formula is C15H26N2O3. The molecule has 0 aliphatic heterocycles. The molecule has 0 spiro atoms. The Kier molecular flexibility index (Phi) is 8.78. The Morgan fingerprint density at radius 2 is 1.75 bits per heavy atom. The second-order valence-corrected chi connectivity index (χ2v) is 4.39. The van der Waals surface area contributed by atoms with E-state index in [0.29, 0.717) is 33.0 Å². The Bertz CT molecular complexity index is 361. The molecule has 20 heavy (non-hydrogen) atoms. The molecular weight excluding hydrogens is 256 g/mol. The molecule has 0 radical (unpaired) electrons. The maximum Gasteiger partial charge on any atom is 0.0701 e. The number of anilines is 2. The highest BCUT2D eigenvalue weighted by molar-refractivity contribution is 5.55. The summed E-state index contributed by atoms with van der Waals surface area (Å²) in [7, 11) is 1.66. The van der Waals surface area contributed by atoms with Crippen molar-refractivity contribution in [3.63, 3.8) is 0 Å². The first-order chi connectivity index (χ1) is 9.77. The van der Waals surface area contributed by atoms with Crippen LogP contribution in [0.25, 0.3) is 0 Å². The Labute approximate surface area is 121 Å². The molecule has 1 aromatic carbocycles. The third-order valence-corrected chi connectivity index (χ3v) is 2.93. The number of nitrogen functional groups attached to an aromatic ring is 1. The van der Waals surface area contributed by atoms with Gasteiger partial charge in [-0.3, -0.25) is 0 Å². The van der Waals surface area contributed by atoms with Crippen molar-refractivity contribution in [1.29, 1.82) is 0 Å². The number of hydrogen-bond acceptors (Lipinski definition) is 5. The van der Waals surface area contributed by atoms with Gasteiger partial charge in [-0.15, -0.1) is 0 Å². The van der Waals surface area contributed by atoms with Crippen molar-refractivity contribution in [2.45, 2.75) is 6.92 Å². The van der Waals surface area contributed by atoms with Crippen LogP contribution in [-0.2, 0) is 14.2 Å². The Morgan fingerprint density at radius 3 is 2.40 bits per heavy atom. The first kappa shape index (κ1) is 16.8. The maximum absolute atomic E-state index is 5.80. The van der Waals surface area contributed by atoms with Gasteiger partial charge in [0.2, 0.25) is 0 Å². The average molecular weight is 282 g/mol. The molecule has 0 amide bonds. The zero-order valence-electron chi connectivity index (χ0n) is 12.5. The van der Waals surface area contributed by atoms with Gasteiger partial charge in [0.1, 0.15) is 0 Å². The number of nitrogens with zero attached hydrogens (tertiary/aromatic N) is 1. The molecule has 0 unspecified atom stereocenters. The molecule has 5 nitrogen and oxygen atoms in total. The van der Waals surface area contributed by atoms with Gasteiger partial charge >= 0.3 is 0 Å². The van der Waals surface area contributed by atoms with Crippen LogP contribution >= 0.6 is 0 Å². The van der Waals surface area contributed by atoms with E-state index in [1.807, 2.05) is 18.2 Å². The van der Waals surface area contributed by atoms with Crippen molar-refractivity contribution in [2.24, 2.45) is 0 Å². The fraction of sp³-hybridized carbons (Fsp3) is 0.600. The summed E-state index contributed by atoms with van der Waals surface area (Å²) in [4.78, 5) is 2.24. The number of rotatable bonds is 11. The first-order valence-electron chi connectivity index (χ1n) is 7.02. The monoisotopic (exact) mass is 282 g/mol. The zero-order valence-corrected chi connectivity index (χ0v) is 12.5. The van der Waals surface area contributed by atoms with Crippen molar-refractivity contribution >= 4 is 11.4 Å². The second-order valence-electron chi connectivity index (χ2n) is 4.39. The summed E-state index contributed by atoms with van der Waals surface area (Å²) in [6.07, 6.45) is 0. The van der Waals surface area contributed by atoms with Crippen molar-refractivity contribution in [3.8, 4) is 0 Å². The van der Waals surface area contributed by atoms with E-state index in [2.05, 4.69) is 17.9 Å². The molecule has 114 valence electrons. The molecule has 0 aromatic heterocycles. The third-order valence-electron chi connectivity index (χ3n) is 2.93. The van der Waals surface area contributed by atoms with Crippen molar-refractivity contribution in [3.05, 3.63) is 24.3 Å². The number of likely N-dealkylation sites (N-methyl/N-ethyl adjacent to an activating group) is 1. The molecule has 0 saturated heterocycles. The summed E-state index contributed by atoms with van der Waals surface area (Å²) in [5, 5.41) is 0. The molecule has 0 aliphatic carbocycles. The molecule has 0 bridgehead atoms. The van der Waals surface area contributed by atoms with E-state index >= 15 is 0 Å². The predicted octanol–water partition coefficient (Wildman–Crippen LogP) is 1.77. The van der Waals surface area contributed by atoms with Crippen molar-refractivity contribution in [2.75, 3.05) is 63.9 Å². The van der Waals surface area contributed by atoms with Crippen LogP contribution in [0.15, 0.2) is 24.3 Å². The molecule has 5 heteroatoms. The average Bonchev–Trinajstić information content (AvgIpc) is 2.46. The molecule has 0 aliphatic rings. The summed E-state index contributed by atoms with van der Waals surface area (Å²) in [6, 6.07) is 7.91. The molecule has 2 N–H and O–H groups in total.